The van der Waals surface area contributed by atoms with E-state index in [0.29, 0.717) is 16.0 Å². The Balaban J connectivity index is 0.00000144. The minimum atomic E-state index is -5.74. The second kappa shape index (κ2) is 4.87. The maximum absolute atomic E-state index is 13.1. The summed E-state index contributed by atoms with van der Waals surface area (Å²) in [6.07, 6.45) is 0. The molecule has 1 aromatic heterocycles. The van der Waals surface area contributed by atoms with Crippen LogP contribution >= 0.6 is 11.3 Å². The van der Waals surface area contributed by atoms with Crippen molar-refractivity contribution >= 4 is 31.7 Å². The Bertz CT molecular complexity index is 608. The minimum absolute atomic E-state index is 0. The van der Waals surface area contributed by atoms with Gasteiger partial charge < -0.3 is 4.55 Å². The molecule has 17 heavy (non-hydrogen) atoms. The van der Waals surface area contributed by atoms with Crippen molar-refractivity contribution in [3.05, 3.63) is 29.3 Å². The predicted molar refractivity (Wildman–Crippen MR) is 53.2 cm³/mol. The molecule has 1 aromatic carbocycles. The van der Waals surface area contributed by atoms with Gasteiger partial charge in [-0.1, -0.05) is 12.1 Å². The van der Waals surface area contributed by atoms with Gasteiger partial charge in [-0.3, -0.25) is 0 Å². The summed E-state index contributed by atoms with van der Waals surface area (Å²) >= 11 is 0.491. The molecule has 0 saturated carbocycles. The van der Waals surface area contributed by atoms with E-state index in [4.69, 9.17) is 0 Å². The van der Waals surface area contributed by atoms with E-state index in [2.05, 4.69) is 4.98 Å². The third-order valence-corrected chi connectivity index (χ3v) is 3.91. The number of nitrogens with zero attached hydrogens (tertiary/aromatic N) is 1. The fraction of sp³-hybridized carbons (Fsp3) is 0.125. The Morgan fingerprint density at radius 2 is 1.88 bits per heavy atom. The van der Waals surface area contributed by atoms with Crippen LogP contribution in [0.2, 0.25) is 0 Å². The van der Waals surface area contributed by atoms with Crippen LogP contribution in [0, 0.1) is 0 Å². The number of halogens is 2. The Labute approximate surface area is 122 Å². The van der Waals surface area contributed by atoms with Crippen LogP contribution in [0.15, 0.2) is 24.3 Å². The third kappa shape index (κ3) is 2.67. The van der Waals surface area contributed by atoms with Gasteiger partial charge in [-0.2, -0.15) is 8.78 Å². The van der Waals surface area contributed by atoms with Gasteiger partial charge in [0.2, 0.25) is 0 Å². The molecule has 0 aliphatic heterocycles. The molecule has 0 N–H and O–H groups in total. The van der Waals surface area contributed by atoms with Crippen LogP contribution in [0.1, 0.15) is 5.01 Å². The number of hydrogen-bond acceptors (Lipinski definition) is 5. The molecule has 0 radical (unpaired) electrons. The average Bonchev–Trinajstić information content (AvgIpc) is 2.59. The molecule has 0 spiro atoms. The maximum atomic E-state index is 13.1. The van der Waals surface area contributed by atoms with E-state index in [1.54, 1.807) is 12.1 Å². The van der Waals surface area contributed by atoms with Crippen molar-refractivity contribution in [3.8, 4) is 0 Å². The van der Waals surface area contributed by atoms with Crippen LogP contribution in [0.4, 0.5) is 8.78 Å². The summed E-state index contributed by atoms with van der Waals surface area (Å²) < 4.78 is 57.9. The fourth-order valence-electron chi connectivity index (χ4n) is 1.10. The summed E-state index contributed by atoms with van der Waals surface area (Å²) in [5.41, 5.74) is 0.242. The first kappa shape index (κ1) is 14.9. The number of thiazole rings is 1. The van der Waals surface area contributed by atoms with Gasteiger partial charge in [0.25, 0.3) is 0 Å². The van der Waals surface area contributed by atoms with Crippen molar-refractivity contribution in [2.24, 2.45) is 0 Å². The van der Waals surface area contributed by atoms with Crippen molar-refractivity contribution < 1.29 is 51.3 Å². The Morgan fingerprint density at radius 3 is 2.41 bits per heavy atom. The van der Waals surface area contributed by atoms with Crippen molar-refractivity contribution in [1.29, 1.82) is 0 Å². The molecule has 0 unspecified atom stereocenters. The number of para-hydroxylation sites is 1. The van der Waals surface area contributed by atoms with Gasteiger partial charge in [-0.25, -0.2) is 13.4 Å². The molecule has 4 nitrogen and oxygen atoms in total. The van der Waals surface area contributed by atoms with Gasteiger partial charge >= 0.3 is 34.8 Å². The topological polar surface area (TPSA) is 70.1 Å². The van der Waals surface area contributed by atoms with E-state index < -0.39 is 20.4 Å². The molecule has 86 valence electrons. The van der Waals surface area contributed by atoms with Crippen molar-refractivity contribution in [1.82, 2.24) is 4.98 Å². The van der Waals surface area contributed by atoms with Gasteiger partial charge in [0.1, 0.15) is 0 Å². The van der Waals surface area contributed by atoms with Crippen molar-refractivity contribution in [2.45, 2.75) is 5.25 Å². The third-order valence-electron chi connectivity index (χ3n) is 1.86. The summed E-state index contributed by atoms with van der Waals surface area (Å²) in [6.45, 7) is 0. The second-order valence-electron chi connectivity index (χ2n) is 2.96. The summed E-state index contributed by atoms with van der Waals surface area (Å²) in [4.78, 5) is 3.44. The van der Waals surface area contributed by atoms with Crippen LogP contribution in [0.5, 0.6) is 0 Å². The summed E-state index contributed by atoms with van der Waals surface area (Å²) in [6, 6.07) is 6.16. The first-order valence-electron chi connectivity index (χ1n) is 4.01. The van der Waals surface area contributed by atoms with Crippen molar-refractivity contribution in [3.63, 3.8) is 0 Å². The number of aromatic nitrogens is 1. The zero-order valence-corrected chi connectivity index (χ0v) is 12.2. The zero-order chi connectivity index (χ0) is 12.0. The summed E-state index contributed by atoms with van der Waals surface area (Å²) in [7, 11) is -5.74. The smallest absolute Gasteiger partial charge is 0.743 e. The van der Waals surface area contributed by atoms with E-state index in [-0.39, 0.29) is 35.1 Å². The maximum Gasteiger partial charge on any atom is 1.00 e. The monoisotopic (exact) mass is 287 g/mol. The average molecular weight is 287 g/mol. The van der Waals surface area contributed by atoms with Crippen LogP contribution in [-0.4, -0.2) is 18.0 Å². The Morgan fingerprint density at radius 1 is 1.29 bits per heavy atom. The van der Waals surface area contributed by atoms with E-state index in [0.717, 1.165) is 0 Å². The van der Waals surface area contributed by atoms with Gasteiger partial charge in [0.15, 0.2) is 15.1 Å². The molecule has 0 aliphatic carbocycles. The molecule has 2 aromatic rings. The van der Waals surface area contributed by atoms with Gasteiger partial charge in [0, 0.05) is 0 Å². The number of alkyl halides is 2. The Hall–Kier alpha value is -0.120. The van der Waals surface area contributed by atoms with Crippen molar-refractivity contribution in [2.75, 3.05) is 0 Å². The number of rotatable bonds is 2. The minimum Gasteiger partial charge on any atom is -0.743 e. The molecule has 9 heteroatoms. The molecule has 0 atom stereocenters. The number of hydrogen-bond donors (Lipinski definition) is 0. The van der Waals surface area contributed by atoms with E-state index in [9.17, 15) is 21.8 Å². The molecule has 0 saturated heterocycles. The summed E-state index contributed by atoms with van der Waals surface area (Å²) in [5, 5.41) is -5.47. The van der Waals surface area contributed by atoms with Crippen LogP contribution < -0.4 is 29.6 Å². The quantitative estimate of drug-likeness (QED) is 0.519. The molecule has 2 rings (SSSR count). The molecule has 0 aliphatic rings. The second-order valence-corrected chi connectivity index (χ2v) is 5.41. The van der Waals surface area contributed by atoms with Crippen LogP contribution in [0.3, 0.4) is 0 Å². The molecule has 0 fully saturated rings. The molecule has 0 bridgehead atoms. The molecule has 0 amide bonds. The fourth-order valence-corrected chi connectivity index (χ4v) is 2.63. The molecule has 1 heterocycles. The van der Waals surface area contributed by atoms with Gasteiger partial charge in [0.05, 0.1) is 10.2 Å². The largest absolute Gasteiger partial charge is 1.00 e. The first-order chi connectivity index (χ1) is 7.32. The van der Waals surface area contributed by atoms with E-state index in [1.165, 1.54) is 12.1 Å². The standard InChI is InChI=1S/C8H5F2NO3S2.Na/c9-8(10,16(12,13)14)7-11-5-3-1-2-4-6(5)15-7;/h1-4H,(H,12,13,14);/q;+1/p-1. The van der Waals surface area contributed by atoms with Crippen LogP contribution in [-0.2, 0) is 15.4 Å². The SMILES string of the molecule is O=S(=O)([O-])C(F)(F)c1nc2ccccc2s1.[Na+]. The first-order valence-corrected chi connectivity index (χ1v) is 6.24. The zero-order valence-electron chi connectivity index (χ0n) is 8.55. The van der Waals surface area contributed by atoms with Crippen LogP contribution in [0.25, 0.3) is 10.2 Å². The number of fused-ring (bicyclic) bond motifs is 1. The number of benzene rings is 1. The summed E-state index contributed by atoms with van der Waals surface area (Å²) in [5.74, 6) is 0. The van der Waals surface area contributed by atoms with E-state index >= 15 is 0 Å². The predicted octanol–water partition coefficient (Wildman–Crippen LogP) is -1.11. The van der Waals surface area contributed by atoms with E-state index in [1.807, 2.05) is 0 Å². The van der Waals surface area contributed by atoms with Gasteiger partial charge in [-0.05, 0) is 12.1 Å². The van der Waals surface area contributed by atoms with Gasteiger partial charge in [-0.15, -0.1) is 11.3 Å². The molecular formula is C8H4F2NNaO3S2. The normalized spacial score (nSPS) is 12.4. The molecular weight excluding hydrogens is 283 g/mol. The Kier molecular flexibility index (Phi) is 4.28.